The summed E-state index contributed by atoms with van der Waals surface area (Å²) < 4.78 is 36.3. The number of carboxylic acid groups (broad SMARTS) is 1. The number of hydrogen-bond acceptors (Lipinski definition) is 6. The van der Waals surface area contributed by atoms with Gasteiger partial charge in [-0.1, -0.05) is 41.1 Å². The van der Waals surface area contributed by atoms with Gasteiger partial charge in [-0.15, -0.1) is 4.65 Å². The molecule has 1 heterocycles. The lowest BCUT2D eigenvalue weighted by molar-refractivity contribution is -0.327. The van der Waals surface area contributed by atoms with E-state index in [2.05, 4.69) is 0 Å². The first kappa shape index (κ1) is 19.8. The van der Waals surface area contributed by atoms with Crippen LogP contribution in [-0.4, -0.2) is 25.5 Å². The summed E-state index contributed by atoms with van der Waals surface area (Å²) >= 11 is 7.26. The summed E-state index contributed by atoms with van der Waals surface area (Å²) in [7, 11) is -5.01. The van der Waals surface area contributed by atoms with Crippen LogP contribution in [-0.2, 0) is 25.0 Å². The van der Waals surface area contributed by atoms with Crippen LogP contribution in [0.15, 0.2) is 41.8 Å². The molecule has 136 valence electrons. The molecule has 0 aliphatic heterocycles. The van der Waals surface area contributed by atoms with Crippen LogP contribution in [0.25, 0.3) is 0 Å². The van der Waals surface area contributed by atoms with Gasteiger partial charge < -0.3 is 9.90 Å². The number of likely N-dealkylation sites (N-methyl/N-ethyl adjacent to an activating group) is 1. The molecule has 0 saturated heterocycles. The molecule has 0 fully saturated rings. The van der Waals surface area contributed by atoms with E-state index in [9.17, 15) is 22.9 Å². The van der Waals surface area contributed by atoms with Gasteiger partial charge in [0.25, 0.3) is 0 Å². The van der Waals surface area contributed by atoms with E-state index in [1.165, 1.54) is 32.0 Å². The maximum Gasteiger partial charge on any atom is 0.442 e. The number of carbonyl (C=O) groups excluding carboxylic acids is 1. The second kappa shape index (κ2) is 7.02. The molecular weight excluding hydrogens is 390 g/mol. The number of thiophene rings is 1. The summed E-state index contributed by atoms with van der Waals surface area (Å²) in [5.74, 6) is -1.61. The Bertz CT molecular complexity index is 870. The van der Waals surface area contributed by atoms with E-state index >= 15 is 0 Å². The molecule has 0 aliphatic rings. The number of nitrogens with zero attached hydrogens (tertiary/aromatic N) is 1. The van der Waals surface area contributed by atoms with Gasteiger partial charge in [0.05, 0.1) is 5.02 Å². The van der Waals surface area contributed by atoms with Crippen LogP contribution in [0.5, 0.6) is 0 Å². The largest absolute Gasteiger partial charge is 0.543 e. The standard InChI is InChI=1S/C15H16ClNO6S2/c1-3-17(23-25(20,21)22,13-9-6-10-24-13)15(2,14(18)19)11-7-4-5-8-12(11)16/h4-10H,3H2,1-2H3,(H-,18,19,20,21,22). The molecule has 25 heavy (non-hydrogen) atoms. The molecule has 7 nitrogen and oxygen atoms in total. The van der Waals surface area contributed by atoms with Gasteiger partial charge in [-0.2, -0.15) is 8.42 Å². The van der Waals surface area contributed by atoms with Gasteiger partial charge in [0.1, 0.15) is 12.5 Å². The summed E-state index contributed by atoms with van der Waals surface area (Å²) in [5, 5.41) is 14.2. The smallest absolute Gasteiger partial charge is 0.442 e. The Morgan fingerprint density at radius 1 is 1.36 bits per heavy atom. The van der Waals surface area contributed by atoms with E-state index in [1.807, 2.05) is 0 Å². The highest BCUT2D eigenvalue weighted by molar-refractivity contribution is 7.80. The lowest BCUT2D eigenvalue weighted by Crippen LogP contribution is -2.69. The Labute approximate surface area is 154 Å². The normalized spacial score (nSPS) is 16.8. The van der Waals surface area contributed by atoms with Crippen LogP contribution in [0.1, 0.15) is 19.4 Å². The fraction of sp³-hybridized carbons (Fsp3) is 0.267. The lowest BCUT2D eigenvalue weighted by atomic mass is 9.89. The van der Waals surface area contributed by atoms with Crippen molar-refractivity contribution in [2.24, 2.45) is 0 Å². The van der Waals surface area contributed by atoms with Gasteiger partial charge in [0, 0.05) is 18.6 Å². The predicted octanol–water partition coefficient (Wildman–Crippen LogP) is 2.13. The van der Waals surface area contributed by atoms with Crippen molar-refractivity contribution in [1.29, 1.82) is 0 Å². The van der Waals surface area contributed by atoms with Crippen LogP contribution in [0, 0.1) is 0 Å². The first-order valence-electron chi connectivity index (χ1n) is 7.16. The van der Waals surface area contributed by atoms with Crippen LogP contribution >= 0.6 is 22.9 Å². The second-order valence-electron chi connectivity index (χ2n) is 5.35. The van der Waals surface area contributed by atoms with E-state index in [1.54, 1.807) is 23.6 Å². The van der Waals surface area contributed by atoms with Crippen molar-refractivity contribution in [3.05, 3.63) is 52.4 Å². The fourth-order valence-electron chi connectivity index (χ4n) is 2.80. The van der Waals surface area contributed by atoms with E-state index < -0.39 is 26.6 Å². The quantitative estimate of drug-likeness (QED) is 0.430. The molecule has 0 aliphatic carbocycles. The van der Waals surface area contributed by atoms with Gasteiger partial charge in [0.2, 0.25) is 5.00 Å². The van der Waals surface area contributed by atoms with Gasteiger partial charge in [0.15, 0.2) is 5.54 Å². The molecule has 0 bridgehead atoms. The number of hydrogen-bond donors (Lipinski definition) is 1. The predicted molar refractivity (Wildman–Crippen MR) is 93.1 cm³/mol. The highest BCUT2D eigenvalue weighted by Gasteiger charge is 2.57. The van der Waals surface area contributed by atoms with E-state index in [0.717, 1.165) is 11.3 Å². The first-order valence-corrected chi connectivity index (χ1v) is 9.78. The van der Waals surface area contributed by atoms with Crippen LogP contribution in [0.2, 0.25) is 5.02 Å². The number of quaternary nitrogens is 1. The number of carboxylic acids is 1. The molecule has 2 atom stereocenters. The second-order valence-corrected chi connectivity index (χ2v) is 7.69. The van der Waals surface area contributed by atoms with Crippen molar-refractivity contribution in [1.82, 2.24) is 4.65 Å². The monoisotopic (exact) mass is 405 g/mol. The summed E-state index contributed by atoms with van der Waals surface area (Å²) in [6, 6.07) is 9.22. The molecule has 2 rings (SSSR count). The minimum atomic E-state index is -5.01. The Kier molecular flexibility index (Phi) is 5.57. The molecule has 1 N–H and O–H groups in total. The van der Waals surface area contributed by atoms with Crippen LogP contribution in [0.3, 0.4) is 0 Å². The van der Waals surface area contributed by atoms with Crippen molar-refractivity contribution >= 4 is 44.3 Å². The average Bonchev–Trinajstić information content (AvgIpc) is 3.06. The minimum Gasteiger partial charge on any atom is -0.543 e. The molecule has 10 heteroatoms. The number of carbonyl (C=O) groups is 1. The molecular formula is C15H16ClNO6S2. The van der Waals surface area contributed by atoms with Crippen molar-refractivity contribution in [2.45, 2.75) is 19.4 Å². The first-order chi connectivity index (χ1) is 11.6. The topological polar surface area (TPSA) is 104 Å². The number of rotatable bonds is 7. The SMILES string of the molecule is CC[N+](OS(=O)(=O)O)(c1cccs1)C(C)(C(=O)[O-])c1ccccc1Cl. The number of aliphatic carboxylic acids is 1. The van der Waals surface area contributed by atoms with Crippen LogP contribution in [0.4, 0.5) is 5.00 Å². The third-order valence-electron chi connectivity index (χ3n) is 4.05. The molecule has 2 unspecified atom stereocenters. The van der Waals surface area contributed by atoms with Crippen molar-refractivity contribution in [3.8, 4) is 0 Å². The minimum absolute atomic E-state index is 0.0931. The zero-order valence-electron chi connectivity index (χ0n) is 13.4. The van der Waals surface area contributed by atoms with Gasteiger partial charge in [-0.25, -0.2) is 0 Å². The summed E-state index contributed by atoms with van der Waals surface area (Å²) in [6.45, 7) is 2.64. The highest BCUT2D eigenvalue weighted by atomic mass is 35.5. The maximum atomic E-state index is 12.2. The third kappa shape index (κ3) is 3.43. The van der Waals surface area contributed by atoms with Gasteiger partial charge in [-0.3, -0.25) is 4.55 Å². The van der Waals surface area contributed by atoms with Crippen molar-refractivity contribution in [2.75, 3.05) is 6.54 Å². The Hall–Kier alpha value is -1.49. The van der Waals surface area contributed by atoms with E-state index in [-0.39, 0.29) is 22.1 Å². The van der Waals surface area contributed by atoms with Gasteiger partial charge in [-0.05, 0) is 28.7 Å². The molecule has 0 amide bonds. The van der Waals surface area contributed by atoms with Crippen molar-refractivity contribution < 1.29 is 27.2 Å². The zero-order chi connectivity index (χ0) is 18.9. The maximum absolute atomic E-state index is 12.2. The highest BCUT2D eigenvalue weighted by Crippen LogP contribution is 2.45. The Morgan fingerprint density at radius 2 is 2.00 bits per heavy atom. The molecule has 0 radical (unpaired) electrons. The molecule has 0 spiro atoms. The summed E-state index contributed by atoms with van der Waals surface area (Å²) in [4.78, 5) is 12.2. The van der Waals surface area contributed by atoms with Crippen molar-refractivity contribution in [3.63, 3.8) is 0 Å². The third-order valence-corrected chi connectivity index (χ3v) is 5.79. The molecule has 2 aromatic rings. The fourth-order valence-corrected chi connectivity index (χ4v) is 4.80. The number of benzene rings is 1. The molecule has 1 aromatic heterocycles. The summed E-state index contributed by atoms with van der Waals surface area (Å²) in [6.07, 6.45) is 0. The summed E-state index contributed by atoms with van der Waals surface area (Å²) in [5.41, 5.74) is -1.97. The number of hydroxylamine groups is 2. The van der Waals surface area contributed by atoms with E-state index in [4.69, 9.17) is 15.9 Å². The molecule has 1 aromatic carbocycles. The Balaban J connectivity index is 2.89. The Morgan fingerprint density at radius 3 is 2.44 bits per heavy atom. The lowest BCUT2D eigenvalue weighted by Gasteiger charge is -2.45. The van der Waals surface area contributed by atoms with E-state index in [0.29, 0.717) is 0 Å². The van der Waals surface area contributed by atoms with Crippen LogP contribution < -0.4 is 9.75 Å². The average molecular weight is 406 g/mol. The van der Waals surface area contributed by atoms with Gasteiger partial charge >= 0.3 is 10.4 Å². The molecule has 0 saturated carbocycles. The zero-order valence-corrected chi connectivity index (χ0v) is 15.8. The number of halogens is 1.